The Balaban J connectivity index is 0.00000450. The Morgan fingerprint density at radius 1 is 1.13 bits per heavy atom. The number of guanidine groups is 1. The Kier molecular flexibility index (Phi) is 14.5. The summed E-state index contributed by atoms with van der Waals surface area (Å²) in [5.74, 6) is 1.51. The third-order valence-corrected chi connectivity index (χ3v) is 5.26. The summed E-state index contributed by atoms with van der Waals surface area (Å²) in [5.41, 5.74) is 1.39. The number of benzene rings is 1. The fraction of sp³-hybridized carbons (Fsp3) is 0.652. The summed E-state index contributed by atoms with van der Waals surface area (Å²) in [4.78, 5) is 19.0. The van der Waals surface area contributed by atoms with Crippen molar-refractivity contribution in [2.45, 2.75) is 46.0 Å². The van der Waals surface area contributed by atoms with Crippen LogP contribution in [0.2, 0.25) is 0 Å². The number of piperidine rings is 1. The average Bonchev–Trinajstić information content (AvgIpc) is 2.75. The second-order valence-electron chi connectivity index (χ2n) is 7.54. The minimum absolute atomic E-state index is 0. The van der Waals surface area contributed by atoms with Crippen LogP contribution in [0.15, 0.2) is 35.3 Å². The maximum Gasteiger partial charge on any atom is 0.244 e. The summed E-state index contributed by atoms with van der Waals surface area (Å²) in [6.45, 7) is 9.11. The summed E-state index contributed by atoms with van der Waals surface area (Å²) >= 11 is 0. The molecule has 0 aliphatic carbocycles. The van der Waals surface area contributed by atoms with E-state index in [4.69, 9.17) is 4.74 Å². The molecule has 1 aliphatic rings. The highest BCUT2D eigenvalue weighted by atomic mass is 127. The fourth-order valence-electron chi connectivity index (χ4n) is 3.60. The zero-order valence-electron chi connectivity index (χ0n) is 18.6. The number of hydrogen-bond acceptors (Lipinski definition) is 3. The van der Waals surface area contributed by atoms with Crippen molar-refractivity contribution in [1.82, 2.24) is 15.5 Å². The molecule has 1 aliphatic heterocycles. The molecule has 0 radical (unpaired) electrons. The normalized spacial score (nSPS) is 14.9. The first kappa shape index (κ1) is 26.7. The topological polar surface area (TPSA) is 66.0 Å². The maximum absolute atomic E-state index is 12.6. The van der Waals surface area contributed by atoms with E-state index in [1.54, 1.807) is 0 Å². The number of halogens is 1. The molecule has 2 N–H and O–H groups in total. The van der Waals surface area contributed by atoms with Gasteiger partial charge in [0.1, 0.15) is 6.54 Å². The van der Waals surface area contributed by atoms with Crippen molar-refractivity contribution in [3.63, 3.8) is 0 Å². The number of nitrogens with one attached hydrogen (secondary N) is 2. The van der Waals surface area contributed by atoms with Crippen molar-refractivity contribution in [3.05, 3.63) is 35.9 Å². The van der Waals surface area contributed by atoms with Crippen LogP contribution >= 0.6 is 24.0 Å². The molecule has 0 aromatic heterocycles. The van der Waals surface area contributed by atoms with Crippen molar-refractivity contribution >= 4 is 35.8 Å². The Morgan fingerprint density at radius 3 is 2.53 bits per heavy atom. The Hall–Kier alpha value is -1.35. The van der Waals surface area contributed by atoms with E-state index < -0.39 is 0 Å². The molecule has 0 atom stereocenters. The SMILES string of the molecule is CCNC(=NCC(=O)N1CCC(Cc2ccccc2)CC1)NCCCCOCC.I. The number of ether oxygens (including phenoxy) is 1. The van der Waals surface area contributed by atoms with E-state index in [9.17, 15) is 4.79 Å². The number of likely N-dealkylation sites (tertiary alicyclic amines) is 1. The molecule has 1 aromatic carbocycles. The van der Waals surface area contributed by atoms with Crippen LogP contribution in [0.4, 0.5) is 0 Å². The lowest BCUT2D eigenvalue weighted by molar-refractivity contribution is -0.130. The number of amides is 1. The molecule has 1 heterocycles. The van der Waals surface area contributed by atoms with Crippen LogP contribution in [-0.2, 0) is 16.0 Å². The first-order chi connectivity index (χ1) is 14.2. The molecule has 6 nitrogen and oxygen atoms in total. The van der Waals surface area contributed by atoms with Gasteiger partial charge in [0.15, 0.2) is 5.96 Å². The smallest absolute Gasteiger partial charge is 0.244 e. The molecule has 2 rings (SSSR count). The number of unbranched alkanes of at least 4 members (excludes halogenated alkanes) is 1. The highest BCUT2D eigenvalue weighted by Crippen LogP contribution is 2.21. The van der Waals surface area contributed by atoms with Crippen LogP contribution in [-0.4, -0.2) is 62.7 Å². The molecule has 0 saturated carbocycles. The first-order valence-electron chi connectivity index (χ1n) is 11.1. The van der Waals surface area contributed by atoms with Gasteiger partial charge in [-0.2, -0.15) is 0 Å². The molecule has 170 valence electrons. The van der Waals surface area contributed by atoms with Crippen molar-refractivity contribution in [3.8, 4) is 0 Å². The van der Waals surface area contributed by atoms with E-state index in [0.717, 1.165) is 77.5 Å². The van der Waals surface area contributed by atoms with E-state index in [1.165, 1.54) is 5.56 Å². The Labute approximate surface area is 199 Å². The Morgan fingerprint density at radius 2 is 1.87 bits per heavy atom. The zero-order valence-corrected chi connectivity index (χ0v) is 20.9. The van der Waals surface area contributed by atoms with Gasteiger partial charge in [0.05, 0.1) is 0 Å². The van der Waals surface area contributed by atoms with Crippen LogP contribution in [0, 0.1) is 5.92 Å². The largest absolute Gasteiger partial charge is 0.382 e. The summed E-state index contributed by atoms with van der Waals surface area (Å²) in [6, 6.07) is 10.6. The van der Waals surface area contributed by atoms with Crippen molar-refractivity contribution < 1.29 is 9.53 Å². The van der Waals surface area contributed by atoms with E-state index in [2.05, 4.69) is 46.0 Å². The molecule has 0 unspecified atom stereocenters. The van der Waals surface area contributed by atoms with Gasteiger partial charge in [0.25, 0.3) is 0 Å². The number of nitrogens with zero attached hydrogens (tertiary/aromatic N) is 2. The van der Waals surface area contributed by atoms with Gasteiger partial charge < -0.3 is 20.3 Å². The van der Waals surface area contributed by atoms with Gasteiger partial charge in [-0.15, -0.1) is 24.0 Å². The Bertz CT molecular complexity index is 604. The lowest BCUT2D eigenvalue weighted by Crippen LogP contribution is -2.42. The molecular formula is C23H39IN4O2. The maximum atomic E-state index is 12.6. The fourth-order valence-corrected chi connectivity index (χ4v) is 3.60. The van der Waals surface area contributed by atoms with Gasteiger partial charge in [-0.05, 0) is 57.4 Å². The molecule has 0 bridgehead atoms. The predicted octanol–water partition coefficient (Wildman–Crippen LogP) is 3.46. The number of carbonyl (C=O) groups excluding carboxylic acids is 1. The molecule has 1 aromatic rings. The number of rotatable bonds is 11. The predicted molar refractivity (Wildman–Crippen MR) is 135 cm³/mol. The van der Waals surface area contributed by atoms with Gasteiger partial charge >= 0.3 is 0 Å². The number of hydrogen-bond donors (Lipinski definition) is 2. The summed E-state index contributed by atoms with van der Waals surface area (Å²) < 4.78 is 5.35. The molecule has 1 saturated heterocycles. The van der Waals surface area contributed by atoms with Gasteiger partial charge in [-0.25, -0.2) is 4.99 Å². The summed E-state index contributed by atoms with van der Waals surface area (Å²) in [7, 11) is 0. The molecule has 30 heavy (non-hydrogen) atoms. The molecular weight excluding hydrogens is 491 g/mol. The number of aliphatic imine (C=N–C) groups is 1. The van der Waals surface area contributed by atoms with Crippen molar-refractivity contribution in [2.24, 2.45) is 10.9 Å². The lowest BCUT2D eigenvalue weighted by atomic mass is 9.90. The van der Waals surface area contributed by atoms with E-state index in [0.29, 0.717) is 5.92 Å². The van der Waals surface area contributed by atoms with Crippen molar-refractivity contribution in [2.75, 3.05) is 45.9 Å². The van der Waals surface area contributed by atoms with Gasteiger partial charge in [0, 0.05) is 39.4 Å². The highest BCUT2D eigenvalue weighted by Gasteiger charge is 2.22. The van der Waals surface area contributed by atoms with Crippen LogP contribution < -0.4 is 10.6 Å². The third kappa shape index (κ3) is 10.6. The third-order valence-electron chi connectivity index (χ3n) is 5.26. The highest BCUT2D eigenvalue weighted by molar-refractivity contribution is 14.0. The van der Waals surface area contributed by atoms with Crippen LogP contribution in [0.1, 0.15) is 45.1 Å². The molecule has 1 fully saturated rings. The molecule has 0 spiro atoms. The standard InChI is InChI=1S/C23H38N4O2.HI/c1-3-24-23(25-14-8-9-17-29-4-2)26-19-22(28)27-15-12-21(13-16-27)18-20-10-6-5-7-11-20;/h5-7,10-11,21H,3-4,8-9,12-19H2,1-2H3,(H2,24,25,26);1H. The van der Waals surface area contributed by atoms with Gasteiger partial charge in [-0.3, -0.25) is 4.79 Å². The lowest BCUT2D eigenvalue weighted by Gasteiger charge is -2.32. The second-order valence-corrected chi connectivity index (χ2v) is 7.54. The van der Waals surface area contributed by atoms with Crippen molar-refractivity contribution in [1.29, 1.82) is 0 Å². The van der Waals surface area contributed by atoms with Crippen LogP contribution in [0.25, 0.3) is 0 Å². The minimum atomic E-state index is 0. The quantitative estimate of drug-likeness (QED) is 0.199. The summed E-state index contributed by atoms with van der Waals surface area (Å²) in [6.07, 6.45) is 5.30. The second kappa shape index (κ2) is 16.4. The van der Waals surface area contributed by atoms with E-state index in [1.807, 2.05) is 18.7 Å². The van der Waals surface area contributed by atoms with Crippen LogP contribution in [0.3, 0.4) is 0 Å². The molecule has 7 heteroatoms. The van der Waals surface area contributed by atoms with E-state index >= 15 is 0 Å². The first-order valence-corrected chi connectivity index (χ1v) is 11.1. The van der Waals surface area contributed by atoms with Gasteiger partial charge in [-0.1, -0.05) is 30.3 Å². The number of carbonyl (C=O) groups is 1. The van der Waals surface area contributed by atoms with E-state index in [-0.39, 0.29) is 36.4 Å². The average molecular weight is 530 g/mol. The minimum Gasteiger partial charge on any atom is -0.382 e. The molecule has 1 amide bonds. The zero-order chi connectivity index (χ0) is 20.7. The monoisotopic (exact) mass is 530 g/mol. The van der Waals surface area contributed by atoms with Gasteiger partial charge in [0.2, 0.25) is 5.91 Å². The summed E-state index contributed by atoms with van der Waals surface area (Å²) in [5, 5.41) is 6.52. The van der Waals surface area contributed by atoms with Crippen LogP contribution in [0.5, 0.6) is 0 Å².